The zero-order chi connectivity index (χ0) is 11.5. The van der Waals surface area contributed by atoms with Crippen LogP contribution in [0.25, 0.3) is 0 Å². The summed E-state index contributed by atoms with van der Waals surface area (Å²) in [6.07, 6.45) is 3.69. The van der Waals surface area contributed by atoms with Gasteiger partial charge in [0.1, 0.15) is 5.75 Å². The Labute approximate surface area is 95.6 Å². The Morgan fingerprint density at radius 2 is 2.25 bits per heavy atom. The van der Waals surface area contributed by atoms with E-state index in [9.17, 15) is 4.79 Å². The van der Waals surface area contributed by atoms with Crippen molar-refractivity contribution >= 4 is 5.97 Å². The van der Waals surface area contributed by atoms with Crippen molar-refractivity contribution in [3.05, 3.63) is 29.8 Å². The summed E-state index contributed by atoms with van der Waals surface area (Å²) in [4.78, 5) is 10.8. The molecule has 0 amide bonds. The molecule has 3 nitrogen and oxygen atoms in total. The molecule has 16 heavy (non-hydrogen) atoms. The lowest BCUT2D eigenvalue weighted by atomic mass is 9.77. The first kappa shape index (κ1) is 11.1. The van der Waals surface area contributed by atoms with Crippen molar-refractivity contribution in [2.45, 2.75) is 32.2 Å². The SMILES string of the molecule is CC(=O)Oc1cccc([C@H](N)C2CCC2)c1. The van der Waals surface area contributed by atoms with Crippen LogP contribution in [0.1, 0.15) is 37.8 Å². The molecule has 1 aromatic rings. The Bertz CT molecular complexity index is 385. The molecule has 0 aliphatic heterocycles. The molecule has 0 heterocycles. The van der Waals surface area contributed by atoms with E-state index >= 15 is 0 Å². The first-order chi connectivity index (χ1) is 7.66. The molecule has 1 atom stereocenters. The first-order valence-electron chi connectivity index (χ1n) is 5.71. The monoisotopic (exact) mass is 219 g/mol. The lowest BCUT2D eigenvalue weighted by molar-refractivity contribution is -0.131. The predicted molar refractivity (Wildman–Crippen MR) is 62.0 cm³/mol. The Morgan fingerprint density at radius 1 is 1.50 bits per heavy atom. The summed E-state index contributed by atoms with van der Waals surface area (Å²) in [6.45, 7) is 1.40. The molecule has 0 saturated heterocycles. The van der Waals surface area contributed by atoms with E-state index < -0.39 is 0 Å². The van der Waals surface area contributed by atoms with Gasteiger partial charge in [-0.1, -0.05) is 18.6 Å². The van der Waals surface area contributed by atoms with Crippen LogP contribution in [0.2, 0.25) is 0 Å². The van der Waals surface area contributed by atoms with Crippen LogP contribution in [0.4, 0.5) is 0 Å². The van der Waals surface area contributed by atoms with Gasteiger partial charge in [-0.15, -0.1) is 0 Å². The highest BCUT2D eigenvalue weighted by Gasteiger charge is 2.25. The third-order valence-electron chi connectivity index (χ3n) is 3.16. The van der Waals surface area contributed by atoms with Gasteiger partial charge in [-0.3, -0.25) is 4.79 Å². The normalized spacial score (nSPS) is 17.6. The van der Waals surface area contributed by atoms with E-state index in [1.807, 2.05) is 18.2 Å². The maximum atomic E-state index is 10.8. The van der Waals surface area contributed by atoms with Gasteiger partial charge in [0, 0.05) is 13.0 Å². The second-order valence-electron chi connectivity index (χ2n) is 4.38. The minimum atomic E-state index is -0.297. The van der Waals surface area contributed by atoms with Crippen molar-refractivity contribution in [1.29, 1.82) is 0 Å². The molecule has 1 fully saturated rings. The quantitative estimate of drug-likeness (QED) is 0.627. The highest BCUT2D eigenvalue weighted by molar-refractivity contribution is 5.69. The second kappa shape index (κ2) is 4.66. The third kappa shape index (κ3) is 2.42. The molecule has 2 rings (SSSR count). The summed E-state index contributed by atoms with van der Waals surface area (Å²) in [5.41, 5.74) is 7.22. The molecule has 0 bridgehead atoms. The molecule has 1 aliphatic rings. The molecule has 3 heteroatoms. The van der Waals surface area contributed by atoms with Gasteiger partial charge in [-0.2, -0.15) is 0 Å². The fourth-order valence-corrected chi connectivity index (χ4v) is 2.02. The van der Waals surface area contributed by atoms with Crippen LogP contribution in [0, 0.1) is 5.92 Å². The molecule has 0 radical (unpaired) electrons. The molecular formula is C13H17NO2. The molecule has 0 spiro atoms. The molecule has 86 valence electrons. The molecule has 0 unspecified atom stereocenters. The van der Waals surface area contributed by atoms with Crippen LogP contribution in [0.15, 0.2) is 24.3 Å². The van der Waals surface area contributed by atoms with Crippen LogP contribution in [0.5, 0.6) is 5.75 Å². The number of carbonyl (C=O) groups is 1. The Balaban J connectivity index is 2.11. The topological polar surface area (TPSA) is 52.3 Å². The number of carbonyl (C=O) groups excluding carboxylic acids is 1. The average Bonchev–Trinajstić information content (AvgIpc) is 2.14. The lowest BCUT2D eigenvalue weighted by Gasteiger charge is -2.31. The predicted octanol–water partition coefficient (Wildman–Crippen LogP) is 2.41. The standard InChI is InChI=1S/C13H17NO2/c1-9(15)16-12-7-3-6-11(8-12)13(14)10-4-2-5-10/h3,6-8,10,13H,2,4-5,14H2,1H3/t13-/m1/s1. The first-order valence-corrected chi connectivity index (χ1v) is 5.71. The zero-order valence-corrected chi connectivity index (χ0v) is 9.48. The summed E-state index contributed by atoms with van der Waals surface area (Å²) in [6, 6.07) is 7.59. The maximum absolute atomic E-state index is 10.8. The van der Waals surface area contributed by atoms with Gasteiger partial charge in [0.05, 0.1) is 0 Å². The van der Waals surface area contributed by atoms with Crippen LogP contribution in [0.3, 0.4) is 0 Å². The zero-order valence-electron chi connectivity index (χ0n) is 9.48. The number of hydrogen-bond acceptors (Lipinski definition) is 3. The summed E-state index contributed by atoms with van der Waals surface area (Å²) in [5.74, 6) is 0.877. The number of ether oxygens (including phenoxy) is 1. The van der Waals surface area contributed by atoms with Crippen molar-refractivity contribution in [1.82, 2.24) is 0 Å². The van der Waals surface area contributed by atoms with Crippen molar-refractivity contribution in [3.63, 3.8) is 0 Å². The van der Waals surface area contributed by atoms with E-state index in [2.05, 4.69) is 0 Å². The van der Waals surface area contributed by atoms with Crippen LogP contribution in [-0.4, -0.2) is 5.97 Å². The fraction of sp³-hybridized carbons (Fsp3) is 0.462. The second-order valence-corrected chi connectivity index (χ2v) is 4.38. The molecule has 1 aromatic carbocycles. The molecule has 0 aromatic heterocycles. The lowest BCUT2D eigenvalue weighted by Crippen LogP contribution is -2.26. The number of nitrogens with two attached hydrogens (primary N) is 1. The van der Waals surface area contributed by atoms with E-state index in [1.165, 1.54) is 26.2 Å². The van der Waals surface area contributed by atoms with Gasteiger partial charge in [0.25, 0.3) is 0 Å². The molecule has 1 aliphatic carbocycles. The van der Waals surface area contributed by atoms with Crippen molar-refractivity contribution in [2.24, 2.45) is 11.7 Å². The fourth-order valence-electron chi connectivity index (χ4n) is 2.02. The van der Waals surface area contributed by atoms with E-state index in [0.29, 0.717) is 11.7 Å². The maximum Gasteiger partial charge on any atom is 0.308 e. The molecule has 1 saturated carbocycles. The minimum Gasteiger partial charge on any atom is -0.427 e. The number of benzene rings is 1. The highest BCUT2D eigenvalue weighted by atomic mass is 16.5. The van der Waals surface area contributed by atoms with Gasteiger partial charge in [0.15, 0.2) is 0 Å². The third-order valence-corrected chi connectivity index (χ3v) is 3.16. The van der Waals surface area contributed by atoms with Crippen molar-refractivity contribution in [3.8, 4) is 5.75 Å². The Hall–Kier alpha value is -1.35. The van der Waals surface area contributed by atoms with Crippen molar-refractivity contribution in [2.75, 3.05) is 0 Å². The van der Waals surface area contributed by atoms with Crippen LogP contribution < -0.4 is 10.5 Å². The van der Waals surface area contributed by atoms with Gasteiger partial charge in [-0.25, -0.2) is 0 Å². The summed E-state index contributed by atoms with van der Waals surface area (Å²) in [5, 5.41) is 0. The van der Waals surface area contributed by atoms with Gasteiger partial charge in [-0.05, 0) is 36.5 Å². The summed E-state index contributed by atoms with van der Waals surface area (Å²) in [7, 11) is 0. The largest absolute Gasteiger partial charge is 0.427 e. The summed E-state index contributed by atoms with van der Waals surface area (Å²) >= 11 is 0. The van der Waals surface area contributed by atoms with Crippen LogP contribution >= 0.6 is 0 Å². The smallest absolute Gasteiger partial charge is 0.308 e. The average molecular weight is 219 g/mol. The van der Waals surface area contributed by atoms with E-state index in [1.54, 1.807) is 6.07 Å². The van der Waals surface area contributed by atoms with Crippen molar-refractivity contribution < 1.29 is 9.53 Å². The van der Waals surface area contributed by atoms with E-state index in [4.69, 9.17) is 10.5 Å². The summed E-state index contributed by atoms with van der Waals surface area (Å²) < 4.78 is 5.04. The van der Waals surface area contributed by atoms with Crippen LogP contribution in [-0.2, 0) is 4.79 Å². The Morgan fingerprint density at radius 3 is 2.81 bits per heavy atom. The van der Waals surface area contributed by atoms with Gasteiger partial charge < -0.3 is 10.5 Å². The molecule has 2 N–H and O–H groups in total. The number of rotatable bonds is 3. The molecular weight excluding hydrogens is 202 g/mol. The minimum absolute atomic E-state index is 0.0734. The Kier molecular flexibility index (Phi) is 3.25. The van der Waals surface area contributed by atoms with E-state index in [0.717, 1.165) is 5.56 Å². The van der Waals surface area contributed by atoms with Gasteiger partial charge in [0.2, 0.25) is 0 Å². The number of hydrogen-bond donors (Lipinski definition) is 1. The number of esters is 1. The van der Waals surface area contributed by atoms with E-state index in [-0.39, 0.29) is 12.0 Å². The highest BCUT2D eigenvalue weighted by Crippen LogP contribution is 2.36. The van der Waals surface area contributed by atoms with Gasteiger partial charge >= 0.3 is 5.97 Å².